The van der Waals surface area contributed by atoms with E-state index in [4.69, 9.17) is 11.6 Å². The predicted molar refractivity (Wildman–Crippen MR) is 75.5 cm³/mol. The van der Waals surface area contributed by atoms with Crippen molar-refractivity contribution in [3.05, 3.63) is 52.9 Å². The summed E-state index contributed by atoms with van der Waals surface area (Å²) in [5, 5.41) is 5.25. The molecular formula is C15H12ClN3. The largest absolute Gasteiger partial charge is 0.236 e. The van der Waals surface area contributed by atoms with Crippen molar-refractivity contribution >= 4 is 17.2 Å². The molecule has 2 heterocycles. The normalized spacial score (nSPS) is 13.9. The minimum absolute atomic E-state index is 0.745. The Bertz CT molecular complexity index is 759. The van der Waals surface area contributed by atoms with Crippen molar-refractivity contribution in [3.63, 3.8) is 0 Å². The Labute approximate surface area is 115 Å². The molecular weight excluding hydrogens is 258 g/mol. The third kappa shape index (κ3) is 1.65. The summed E-state index contributed by atoms with van der Waals surface area (Å²) in [6, 6.07) is 7.81. The zero-order valence-electron chi connectivity index (χ0n) is 10.3. The molecule has 0 radical (unpaired) electrons. The average Bonchev–Trinajstić information content (AvgIpc) is 3.04. The van der Waals surface area contributed by atoms with Gasteiger partial charge in [0.15, 0.2) is 5.65 Å². The summed E-state index contributed by atoms with van der Waals surface area (Å²) in [4.78, 5) is 4.58. The van der Waals surface area contributed by atoms with Crippen LogP contribution >= 0.6 is 11.6 Å². The van der Waals surface area contributed by atoms with Crippen LogP contribution < -0.4 is 0 Å². The average molecular weight is 270 g/mol. The molecule has 0 aliphatic heterocycles. The maximum absolute atomic E-state index is 5.93. The van der Waals surface area contributed by atoms with Crippen LogP contribution in [0.15, 0.2) is 36.7 Å². The summed E-state index contributed by atoms with van der Waals surface area (Å²) < 4.78 is 1.99. The first-order chi connectivity index (χ1) is 9.33. The van der Waals surface area contributed by atoms with Crippen molar-refractivity contribution in [2.75, 3.05) is 0 Å². The SMILES string of the molecule is Clc1ccc(-c2cnn3c4c(cnc23)CCC4)cc1. The molecule has 0 N–H and O–H groups in total. The van der Waals surface area contributed by atoms with Crippen LogP contribution in [-0.2, 0) is 12.8 Å². The summed E-state index contributed by atoms with van der Waals surface area (Å²) in [7, 11) is 0. The van der Waals surface area contributed by atoms with E-state index in [2.05, 4.69) is 10.1 Å². The number of aromatic nitrogens is 3. The maximum atomic E-state index is 5.93. The molecule has 1 aliphatic carbocycles. The number of hydrogen-bond acceptors (Lipinski definition) is 2. The summed E-state index contributed by atoms with van der Waals surface area (Å²) in [6.45, 7) is 0. The smallest absolute Gasteiger partial charge is 0.163 e. The van der Waals surface area contributed by atoms with Gasteiger partial charge in [-0.1, -0.05) is 23.7 Å². The van der Waals surface area contributed by atoms with Gasteiger partial charge in [-0.05, 0) is 42.5 Å². The van der Waals surface area contributed by atoms with Crippen molar-refractivity contribution in [1.82, 2.24) is 14.6 Å². The zero-order valence-corrected chi connectivity index (χ0v) is 11.1. The van der Waals surface area contributed by atoms with E-state index in [1.54, 1.807) is 0 Å². The molecule has 0 amide bonds. The second-order valence-corrected chi connectivity index (χ2v) is 5.32. The number of aryl methyl sites for hydroxylation is 2. The van der Waals surface area contributed by atoms with Gasteiger partial charge in [0, 0.05) is 22.5 Å². The Morgan fingerprint density at radius 1 is 1.05 bits per heavy atom. The molecule has 19 heavy (non-hydrogen) atoms. The number of nitrogens with zero attached hydrogens (tertiary/aromatic N) is 3. The molecule has 0 atom stereocenters. The van der Waals surface area contributed by atoms with Crippen LogP contribution in [0, 0.1) is 0 Å². The number of hydrogen-bond donors (Lipinski definition) is 0. The number of benzene rings is 1. The summed E-state index contributed by atoms with van der Waals surface area (Å²) in [5.41, 5.74) is 5.74. The van der Waals surface area contributed by atoms with Crippen LogP contribution in [0.4, 0.5) is 0 Å². The van der Waals surface area contributed by atoms with Crippen molar-refractivity contribution in [2.24, 2.45) is 0 Å². The van der Waals surface area contributed by atoms with Crippen LogP contribution in [0.2, 0.25) is 5.02 Å². The molecule has 4 heteroatoms. The third-order valence-corrected chi connectivity index (χ3v) is 3.98. The molecule has 4 rings (SSSR count). The van der Waals surface area contributed by atoms with E-state index in [1.807, 2.05) is 41.2 Å². The summed E-state index contributed by atoms with van der Waals surface area (Å²) in [5.74, 6) is 0. The lowest BCUT2D eigenvalue weighted by Gasteiger charge is -2.03. The van der Waals surface area contributed by atoms with Gasteiger partial charge in [0.25, 0.3) is 0 Å². The highest BCUT2D eigenvalue weighted by Crippen LogP contribution is 2.28. The Morgan fingerprint density at radius 3 is 2.74 bits per heavy atom. The van der Waals surface area contributed by atoms with Gasteiger partial charge in [0.1, 0.15) is 0 Å². The molecule has 3 nitrogen and oxygen atoms in total. The predicted octanol–water partition coefficient (Wildman–Crippen LogP) is 3.54. The van der Waals surface area contributed by atoms with E-state index < -0.39 is 0 Å². The zero-order chi connectivity index (χ0) is 12.8. The lowest BCUT2D eigenvalue weighted by Crippen LogP contribution is -1.99. The molecule has 94 valence electrons. The van der Waals surface area contributed by atoms with E-state index in [9.17, 15) is 0 Å². The van der Waals surface area contributed by atoms with Gasteiger partial charge in [-0.2, -0.15) is 5.10 Å². The summed E-state index contributed by atoms with van der Waals surface area (Å²) >= 11 is 5.93. The van der Waals surface area contributed by atoms with Gasteiger partial charge in [-0.15, -0.1) is 0 Å². The van der Waals surface area contributed by atoms with E-state index in [1.165, 1.54) is 17.7 Å². The third-order valence-electron chi connectivity index (χ3n) is 3.73. The lowest BCUT2D eigenvalue weighted by atomic mass is 10.1. The van der Waals surface area contributed by atoms with Crippen molar-refractivity contribution in [3.8, 4) is 11.1 Å². The molecule has 0 bridgehead atoms. The molecule has 1 aromatic carbocycles. The molecule has 0 fully saturated rings. The van der Waals surface area contributed by atoms with Gasteiger partial charge in [0.2, 0.25) is 0 Å². The fourth-order valence-electron chi connectivity index (χ4n) is 2.77. The van der Waals surface area contributed by atoms with Crippen LogP contribution in [-0.4, -0.2) is 14.6 Å². The summed E-state index contributed by atoms with van der Waals surface area (Å²) in [6.07, 6.45) is 7.31. The van der Waals surface area contributed by atoms with Crippen molar-refractivity contribution < 1.29 is 0 Å². The van der Waals surface area contributed by atoms with Crippen molar-refractivity contribution in [1.29, 1.82) is 0 Å². The number of fused-ring (bicyclic) bond motifs is 3. The van der Waals surface area contributed by atoms with Gasteiger partial charge in [-0.3, -0.25) is 0 Å². The first kappa shape index (κ1) is 11.0. The molecule has 0 saturated carbocycles. The van der Waals surface area contributed by atoms with E-state index >= 15 is 0 Å². The standard InChI is InChI=1S/C15H12ClN3/c16-12-6-4-10(5-7-12)13-9-18-19-14-3-1-2-11(14)8-17-15(13)19/h4-9H,1-3H2. The molecule has 2 aromatic heterocycles. The van der Waals surface area contributed by atoms with Crippen LogP contribution in [0.1, 0.15) is 17.7 Å². The molecule has 0 spiro atoms. The van der Waals surface area contributed by atoms with E-state index in [0.717, 1.165) is 34.6 Å². The highest BCUT2D eigenvalue weighted by molar-refractivity contribution is 6.30. The van der Waals surface area contributed by atoms with E-state index in [-0.39, 0.29) is 0 Å². The quantitative estimate of drug-likeness (QED) is 0.676. The Balaban J connectivity index is 1.94. The van der Waals surface area contributed by atoms with Gasteiger partial charge >= 0.3 is 0 Å². The van der Waals surface area contributed by atoms with Crippen LogP contribution in [0.25, 0.3) is 16.8 Å². The van der Waals surface area contributed by atoms with Gasteiger partial charge < -0.3 is 0 Å². The van der Waals surface area contributed by atoms with Crippen LogP contribution in [0.5, 0.6) is 0 Å². The monoisotopic (exact) mass is 269 g/mol. The Hall–Kier alpha value is -1.87. The van der Waals surface area contributed by atoms with Gasteiger partial charge in [0.05, 0.1) is 6.20 Å². The fourth-order valence-corrected chi connectivity index (χ4v) is 2.89. The maximum Gasteiger partial charge on any atom is 0.163 e. The van der Waals surface area contributed by atoms with Gasteiger partial charge in [-0.25, -0.2) is 9.50 Å². The molecule has 1 aliphatic rings. The topological polar surface area (TPSA) is 30.2 Å². The number of rotatable bonds is 1. The highest BCUT2D eigenvalue weighted by Gasteiger charge is 2.17. The minimum Gasteiger partial charge on any atom is -0.236 e. The van der Waals surface area contributed by atoms with E-state index in [0.29, 0.717) is 0 Å². The van der Waals surface area contributed by atoms with Crippen LogP contribution in [0.3, 0.4) is 0 Å². The molecule has 0 saturated heterocycles. The Morgan fingerprint density at radius 2 is 1.89 bits per heavy atom. The highest BCUT2D eigenvalue weighted by atomic mass is 35.5. The number of halogens is 1. The fraction of sp³-hybridized carbons (Fsp3) is 0.200. The second kappa shape index (κ2) is 4.07. The first-order valence-corrected chi connectivity index (χ1v) is 6.81. The Kier molecular flexibility index (Phi) is 2.35. The van der Waals surface area contributed by atoms with Crippen molar-refractivity contribution in [2.45, 2.75) is 19.3 Å². The molecule has 0 unspecified atom stereocenters. The second-order valence-electron chi connectivity index (χ2n) is 4.88. The lowest BCUT2D eigenvalue weighted by molar-refractivity contribution is 0.837. The minimum atomic E-state index is 0.745. The first-order valence-electron chi connectivity index (χ1n) is 6.43. The molecule has 3 aromatic rings.